The summed E-state index contributed by atoms with van der Waals surface area (Å²) < 4.78 is 37.2. The molecule has 7 rings (SSSR count). The number of benzene rings is 7. The molecule has 0 bridgehead atoms. The topological polar surface area (TPSA) is 167 Å². The predicted molar refractivity (Wildman–Crippen MR) is 363 cm³/mol. The number of hydrogen-bond donors (Lipinski definition) is 1. The molecule has 90 heavy (non-hydrogen) atoms. The first-order valence-electron chi connectivity index (χ1n) is 33.3. The second-order valence-electron chi connectivity index (χ2n) is 22.9. The van der Waals surface area contributed by atoms with Crippen LogP contribution >= 0.6 is 0 Å². The van der Waals surface area contributed by atoms with E-state index in [-0.39, 0.29) is 5.56 Å². The summed E-state index contributed by atoms with van der Waals surface area (Å²) in [5.41, 5.74) is 8.89. The highest BCUT2D eigenvalue weighted by atomic mass is 16.5. The van der Waals surface area contributed by atoms with E-state index in [0.717, 1.165) is 148 Å². The Balaban J connectivity index is 0.828. The van der Waals surface area contributed by atoms with Crippen molar-refractivity contribution in [3.05, 3.63) is 180 Å². The molecule has 0 heterocycles. The molecule has 0 aliphatic carbocycles. The smallest absolute Gasteiger partial charge is 0.335 e. The Hall–Kier alpha value is -8.39. The highest BCUT2D eigenvalue weighted by Crippen LogP contribution is 2.40. The van der Waals surface area contributed by atoms with E-state index in [2.05, 4.69) is 87.9 Å². The van der Waals surface area contributed by atoms with Crippen LogP contribution in [0, 0.1) is 0 Å². The maximum Gasteiger partial charge on any atom is 0.335 e. The zero-order valence-electron chi connectivity index (χ0n) is 53.7. The number of azo groups is 3. The fraction of sp³-hybridized carbons (Fsp3) is 0.434. The van der Waals surface area contributed by atoms with Crippen LogP contribution in [-0.2, 0) is 19.3 Å². The van der Waals surface area contributed by atoms with E-state index in [4.69, 9.17) is 28.4 Å². The van der Waals surface area contributed by atoms with Crippen LogP contribution < -0.4 is 28.4 Å². The summed E-state index contributed by atoms with van der Waals surface area (Å²) in [4.78, 5) is 12.4. The zero-order valence-corrected chi connectivity index (χ0v) is 53.7. The highest BCUT2D eigenvalue weighted by Gasteiger charge is 2.19. The second-order valence-corrected chi connectivity index (χ2v) is 22.9. The van der Waals surface area contributed by atoms with Gasteiger partial charge in [0.2, 0.25) is 5.75 Å². The minimum Gasteiger partial charge on any atom is -0.494 e. The number of aromatic carboxylic acids is 1. The Bertz CT molecular complexity index is 3030. The minimum atomic E-state index is -1.07. The van der Waals surface area contributed by atoms with Crippen molar-refractivity contribution in [1.82, 2.24) is 0 Å². The van der Waals surface area contributed by atoms with Crippen LogP contribution in [0.3, 0.4) is 0 Å². The van der Waals surface area contributed by atoms with Crippen LogP contribution in [0.15, 0.2) is 188 Å². The van der Waals surface area contributed by atoms with Crippen molar-refractivity contribution in [3.8, 4) is 34.5 Å². The number of aryl methyl sites for hydroxylation is 3. The number of carboxylic acids is 1. The Kier molecular flexibility index (Phi) is 32.1. The van der Waals surface area contributed by atoms with Gasteiger partial charge in [-0.25, -0.2) is 4.79 Å². The zero-order chi connectivity index (χ0) is 62.9. The lowest BCUT2D eigenvalue weighted by Gasteiger charge is -2.18. The van der Waals surface area contributed by atoms with Crippen molar-refractivity contribution in [2.45, 2.75) is 175 Å². The molecule has 0 amide bonds. The minimum absolute atomic E-state index is 0.0807. The molecular formula is C76H96N6O8. The lowest BCUT2D eigenvalue weighted by atomic mass is 10.1. The number of carboxylic acid groups (broad SMARTS) is 1. The Labute approximate surface area is 535 Å². The first-order chi connectivity index (χ1) is 44.3. The second kappa shape index (κ2) is 41.8. The molecule has 0 fully saturated rings. The Morgan fingerprint density at radius 2 is 0.544 bits per heavy atom. The molecule has 0 aliphatic rings. The van der Waals surface area contributed by atoms with Gasteiger partial charge in [0.1, 0.15) is 17.2 Å². The van der Waals surface area contributed by atoms with Gasteiger partial charge in [0, 0.05) is 0 Å². The third kappa shape index (κ3) is 27.1. The van der Waals surface area contributed by atoms with Gasteiger partial charge in [0.05, 0.1) is 79.3 Å². The Morgan fingerprint density at radius 1 is 0.300 bits per heavy atom. The molecule has 7 aromatic rings. The van der Waals surface area contributed by atoms with Gasteiger partial charge in [-0.1, -0.05) is 95.7 Å². The number of rotatable bonds is 46. The summed E-state index contributed by atoms with van der Waals surface area (Å²) in [5, 5.41) is 36.7. The molecule has 0 radical (unpaired) electrons. The lowest BCUT2D eigenvalue weighted by Crippen LogP contribution is -2.08. The number of ether oxygens (including phenoxy) is 6. The van der Waals surface area contributed by atoms with Gasteiger partial charge >= 0.3 is 5.97 Å². The van der Waals surface area contributed by atoms with Crippen LogP contribution in [0.4, 0.5) is 34.1 Å². The van der Waals surface area contributed by atoms with Crippen LogP contribution in [-0.4, -0.2) is 50.7 Å². The molecule has 0 aromatic heterocycles. The Morgan fingerprint density at radius 3 is 0.800 bits per heavy atom. The maximum absolute atomic E-state index is 12.4. The molecule has 1 N–H and O–H groups in total. The standard InChI is InChI=1S/C76H96N6O8/c1-4-7-16-25-60-28-34-64(35-29-60)77-80-67-40-46-70(47-41-67)85-52-19-10-13-22-55-88-73-58-63(76(83)84)59-74(89-56-23-14-11-20-53-86-71-48-42-68(43-49-71)81-78-65-36-30-61(31-37-65)26-17-8-5-2)75(73)90-57-24-15-12-21-54-87-72-50-44-69(45-51-72)82-79-66-38-32-62(33-39-66)27-18-9-6-3/h28-51,58-59H,4-27,52-57H2,1-3H3,(H,83,84). The van der Waals surface area contributed by atoms with Gasteiger partial charge in [0.25, 0.3) is 0 Å². The SMILES string of the molecule is CCCCCc1ccc(N=Nc2ccc(OCCCCCCOc3cc(C(=O)O)cc(OCCCCCCOc4ccc(N=Nc5ccc(CCCCC)cc5)cc4)c3OCCCCCCOc3ccc(N=Nc4ccc(CCCCC)cc4)cc3)cc2)cc1. The lowest BCUT2D eigenvalue weighted by molar-refractivity contribution is 0.0695. The molecule has 0 saturated carbocycles. The monoisotopic (exact) mass is 1220 g/mol. The van der Waals surface area contributed by atoms with Crippen molar-refractivity contribution >= 4 is 40.1 Å². The quantitative estimate of drug-likeness (QED) is 0.0291. The van der Waals surface area contributed by atoms with Crippen LogP contribution in [0.5, 0.6) is 34.5 Å². The van der Waals surface area contributed by atoms with E-state index in [1.165, 1.54) is 74.5 Å². The summed E-state index contributed by atoms with van der Waals surface area (Å²) in [6.07, 6.45) is 24.9. The molecule has 478 valence electrons. The summed E-state index contributed by atoms with van der Waals surface area (Å²) in [7, 11) is 0. The van der Waals surface area contributed by atoms with E-state index in [1.54, 1.807) is 12.1 Å². The average molecular weight is 1220 g/mol. The fourth-order valence-electron chi connectivity index (χ4n) is 9.94. The van der Waals surface area contributed by atoms with Gasteiger partial charge < -0.3 is 33.5 Å². The third-order valence-electron chi connectivity index (χ3n) is 15.3. The molecule has 0 atom stereocenters. The van der Waals surface area contributed by atoms with Crippen LogP contribution in [0.2, 0.25) is 0 Å². The van der Waals surface area contributed by atoms with Crippen molar-refractivity contribution < 1.29 is 38.3 Å². The molecule has 0 spiro atoms. The summed E-state index contributed by atoms with van der Waals surface area (Å²) >= 11 is 0. The highest BCUT2D eigenvalue weighted by molar-refractivity contribution is 5.89. The molecule has 7 aromatic carbocycles. The molecular weight excluding hydrogens is 1120 g/mol. The van der Waals surface area contributed by atoms with Crippen LogP contribution in [0.25, 0.3) is 0 Å². The van der Waals surface area contributed by atoms with Gasteiger partial charge in [-0.3, -0.25) is 0 Å². The van der Waals surface area contributed by atoms with E-state index in [1.807, 2.05) is 109 Å². The summed E-state index contributed by atoms with van der Waals surface area (Å²) in [6.45, 7) is 9.64. The fourth-order valence-corrected chi connectivity index (χ4v) is 9.94. The largest absolute Gasteiger partial charge is 0.494 e. The summed E-state index contributed by atoms with van der Waals surface area (Å²) in [5.74, 6) is 2.48. The van der Waals surface area contributed by atoms with E-state index >= 15 is 0 Å². The molecule has 0 unspecified atom stereocenters. The van der Waals surface area contributed by atoms with Gasteiger partial charge in [-0.05, 0) is 254 Å². The number of hydrogen-bond acceptors (Lipinski definition) is 13. The molecule has 0 saturated heterocycles. The van der Waals surface area contributed by atoms with Crippen molar-refractivity contribution in [2.75, 3.05) is 39.6 Å². The molecule has 14 heteroatoms. The molecule has 0 aliphatic heterocycles. The van der Waals surface area contributed by atoms with E-state index < -0.39 is 5.97 Å². The van der Waals surface area contributed by atoms with Crippen LogP contribution in [0.1, 0.15) is 183 Å². The van der Waals surface area contributed by atoms with Crippen molar-refractivity contribution in [3.63, 3.8) is 0 Å². The van der Waals surface area contributed by atoms with E-state index in [9.17, 15) is 9.90 Å². The average Bonchev–Trinajstić information content (AvgIpc) is 1.51. The number of unbranched alkanes of at least 4 members (excludes halogenated alkanes) is 15. The van der Waals surface area contributed by atoms with Gasteiger partial charge in [0.15, 0.2) is 11.5 Å². The molecule has 14 nitrogen and oxygen atoms in total. The number of nitrogens with zero attached hydrogens (tertiary/aromatic N) is 6. The van der Waals surface area contributed by atoms with Gasteiger partial charge in [-0.2, -0.15) is 30.7 Å². The van der Waals surface area contributed by atoms with Crippen molar-refractivity contribution in [1.29, 1.82) is 0 Å². The third-order valence-corrected chi connectivity index (χ3v) is 15.3. The van der Waals surface area contributed by atoms with Crippen molar-refractivity contribution in [2.24, 2.45) is 30.7 Å². The first kappa shape index (κ1) is 69.1. The van der Waals surface area contributed by atoms with Gasteiger partial charge in [-0.15, -0.1) is 0 Å². The normalized spacial score (nSPS) is 11.5. The first-order valence-corrected chi connectivity index (χ1v) is 33.3. The summed E-state index contributed by atoms with van der Waals surface area (Å²) in [6, 6.07) is 51.1. The van der Waals surface area contributed by atoms with E-state index in [0.29, 0.717) is 56.9 Å². The maximum atomic E-state index is 12.4. The predicted octanol–water partition coefficient (Wildman–Crippen LogP) is 22.9. The number of carbonyl (C=O) groups is 1.